The molecular weight excluding hydrogens is 913 g/mol. The Balaban J connectivity index is 0.00000291. The largest absolute Gasteiger partial charge is 0.493 e. The molecule has 74 heavy (non-hydrogen) atoms. The van der Waals surface area contributed by atoms with Crippen LogP contribution in [0.15, 0.2) is 194 Å². The van der Waals surface area contributed by atoms with E-state index in [-0.39, 0.29) is 18.1 Å². The predicted molar refractivity (Wildman–Crippen MR) is 296 cm³/mol. The molecule has 0 bridgehead atoms. The molecule has 2 fully saturated rings. The number of epoxide rings is 2. The van der Waals surface area contributed by atoms with Gasteiger partial charge in [0.15, 0.2) is 0 Å². The van der Waals surface area contributed by atoms with Crippen LogP contribution < -0.4 is 9.47 Å². The predicted octanol–water partition coefficient (Wildman–Crippen LogP) is 14.8. The topological polar surface area (TPSA) is 62.0 Å². The SMILES string of the molecule is CC.CC(COc1ccc(C2(c3ccc(C(C)(C)OCC4CO4)cc3)c3ccccc3-c3ccccc32)cc1)COC(C)(C)c1ccc(C2(c3ccc(OCC4CO4)cc3)c3ccccc3-c3ccccc32)cc1. The molecule has 12 rings (SSSR count). The minimum atomic E-state index is -0.536. The fourth-order valence-electron chi connectivity index (χ4n) is 11.5. The summed E-state index contributed by atoms with van der Waals surface area (Å²) in [6.45, 7) is 18.6. The summed E-state index contributed by atoms with van der Waals surface area (Å²) in [5, 5.41) is 0. The van der Waals surface area contributed by atoms with Gasteiger partial charge in [-0.05, 0) is 130 Å². The Kier molecular flexibility index (Phi) is 13.5. The summed E-state index contributed by atoms with van der Waals surface area (Å²) in [5.41, 5.74) is 15.3. The number of benzene rings is 8. The van der Waals surface area contributed by atoms with Crippen LogP contribution in [0.3, 0.4) is 0 Å². The van der Waals surface area contributed by atoms with Crippen molar-refractivity contribution in [2.45, 2.75) is 82.7 Å². The molecule has 0 aromatic heterocycles. The maximum absolute atomic E-state index is 6.77. The Bertz CT molecular complexity index is 3130. The number of hydrogen-bond acceptors (Lipinski definition) is 6. The lowest BCUT2D eigenvalue weighted by molar-refractivity contribution is -0.0427. The molecule has 2 saturated heterocycles. The van der Waals surface area contributed by atoms with Gasteiger partial charge in [0, 0.05) is 5.92 Å². The van der Waals surface area contributed by atoms with Crippen molar-refractivity contribution >= 4 is 0 Å². The van der Waals surface area contributed by atoms with Crippen molar-refractivity contribution in [3.8, 4) is 33.8 Å². The third-order valence-electron chi connectivity index (χ3n) is 15.6. The lowest BCUT2D eigenvalue weighted by Crippen LogP contribution is -2.29. The van der Waals surface area contributed by atoms with Crippen molar-refractivity contribution in [3.63, 3.8) is 0 Å². The van der Waals surface area contributed by atoms with Crippen molar-refractivity contribution in [1.82, 2.24) is 0 Å². The minimum Gasteiger partial charge on any atom is -0.493 e. The molecule has 0 radical (unpaired) electrons. The van der Waals surface area contributed by atoms with Crippen molar-refractivity contribution in [3.05, 3.63) is 250 Å². The van der Waals surface area contributed by atoms with E-state index in [1.807, 2.05) is 13.8 Å². The normalized spacial score (nSPS) is 17.7. The van der Waals surface area contributed by atoms with E-state index in [4.69, 9.17) is 28.4 Å². The first kappa shape index (κ1) is 49.4. The van der Waals surface area contributed by atoms with E-state index in [1.54, 1.807) is 0 Å². The van der Waals surface area contributed by atoms with Gasteiger partial charge in [0.05, 0.1) is 55.1 Å². The van der Waals surface area contributed by atoms with E-state index >= 15 is 0 Å². The molecule has 0 N–H and O–H groups in total. The van der Waals surface area contributed by atoms with E-state index in [1.165, 1.54) is 66.8 Å². The van der Waals surface area contributed by atoms with Gasteiger partial charge >= 0.3 is 0 Å². The van der Waals surface area contributed by atoms with E-state index in [2.05, 4.69) is 229 Å². The first-order valence-corrected chi connectivity index (χ1v) is 26.6. The number of hydrogen-bond donors (Lipinski definition) is 0. The average molecular weight is 981 g/mol. The minimum absolute atomic E-state index is 0.144. The van der Waals surface area contributed by atoms with Crippen LogP contribution in [0, 0.1) is 5.92 Å². The highest BCUT2D eigenvalue weighted by atomic mass is 16.6. The van der Waals surface area contributed by atoms with Gasteiger partial charge in [-0.1, -0.05) is 191 Å². The smallest absolute Gasteiger partial charge is 0.119 e. The van der Waals surface area contributed by atoms with Crippen molar-refractivity contribution < 1.29 is 28.4 Å². The molecule has 2 aliphatic heterocycles. The summed E-state index contributed by atoms with van der Waals surface area (Å²) in [7, 11) is 0. The van der Waals surface area contributed by atoms with E-state index in [0.717, 1.165) is 35.8 Å². The highest BCUT2D eigenvalue weighted by Gasteiger charge is 2.48. The second kappa shape index (κ2) is 20.1. The molecule has 2 aliphatic carbocycles. The monoisotopic (exact) mass is 981 g/mol. The van der Waals surface area contributed by atoms with Crippen LogP contribution in [0.1, 0.15) is 104 Å². The Morgan fingerprint density at radius 2 is 0.743 bits per heavy atom. The zero-order valence-electron chi connectivity index (χ0n) is 43.9. The van der Waals surface area contributed by atoms with E-state index in [0.29, 0.717) is 26.4 Å². The zero-order valence-corrected chi connectivity index (χ0v) is 43.9. The van der Waals surface area contributed by atoms with Crippen molar-refractivity contribution in [1.29, 1.82) is 0 Å². The molecule has 0 spiro atoms. The fourth-order valence-corrected chi connectivity index (χ4v) is 11.5. The van der Waals surface area contributed by atoms with Gasteiger partial charge in [-0.15, -0.1) is 0 Å². The fraction of sp³-hybridized carbons (Fsp3) is 0.294. The Morgan fingerprint density at radius 3 is 1.12 bits per heavy atom. The summed E-state index contributed by atoms with van der Waals surface area (Å²) in [4.78, 5) is 0. The second-order valence-electron chi connectivity index (χ2n) is 21.2. The number of ether oxygens (including phenoxy) is 6. The van der Waals surface area contributed by atoms with Crippen LogP contribution in [-0.4, -0.2) is 51.8 Å². The first-order valence-electron chi connectivity index (χ1n) is 26.6. The van der Waals surface area contributed by atoms with Crippen molar-refractivity contribution in [2.24, 2.45) is 5.92 Å². The Labute approximate surface area is 438 Å². The highest BCUT2D eigenvalue weighted by molar-refractivity contribution is 5.87. The first-order chi connectivity index (χ1) is 36.1. The van der Waals surface area contributed by atoms with Gasteiger partial charge in [-0.3, -0.25) is 0 Å². The van der Waals surface area contributed by atoms with E-state index < -0.39 is 22.0 Å². The summed E-state index contributed by atoms with van der Waals surface area (Å²) in [6.07, 6.45) is 0.415. The molecule has 6 nitrogen and oxygen atoms in total. The molecule has 2 heterocycles. The van der Waals surface area contributed by atoms with Gasteiger partial charge in [0.2, 0.25) is 0 Å². The maximum Gasteiger partial charge on any atom is 0.119 e. The van der Waals surface area contributed by atoms with Crippen LogP contribution in [0.4, 0.5) is 0 Å². The molecule has 4 aliphatic rings. The van der Waals surface area contributed by atoms with Gasteiger partial charge in [0.1, 0.15) is 30.3 Å². The molecule has 3 atom stereocenters. The highest BCUT2D eigenvalue weighted by Crippen LogP contribution is 2.58. The molecule has 8 aromatic rings. The van der Waals surface area contributed by atoms with Crippen LogP contribution in [-0.2, 0) is 41.0 Å². The summed E-state index contributed by atoms with van der Waals surface area (Å²) >= 11 is 0. The molecule has 8 aromatic carbocycles. The number of rotatable bonds is 18. The molecule has 0 amide bonds. The van der Waals surface area contributed by atoms with Crippen molar-refractivity contribution in [2.75, 3.05) is 39.6 Å². The van der Waals surface area contributed by atoms with Crippen LogP contribution >= 0.6 is 0 Å². The van der Waals surface area contributed by atoms with Crippen LogP contribution in [0.25, 0.3) is 22.3 Å². The molecule has 3 unspecified atom stereocenters. The summed E-state index contributed by atoms with van der Waals surface area (Å²) in [5.74, 6) is 1.83. The zero-order chi connectivity index (χ0) is 51.1. The summed E-state index contributed by atoms with van der Waals surface area (Å²) in [6, 6.07) is 71.0. The number of fused-ring (bicyclic) bond motifs is 6. The van der Waals surface area contributed by atoms with E-state index in [9.17, 15) is 0 Å². The lowest BCUT2D eigenvalue weighted by Gasteiger charge is -2.35. The third kappa shape index (κ3) is 8.96. The molecule has 376 valence electrons. The average Bonchev–Trinajstić information content (AvgIpc) is 4.41. The van der Waals surface area contributed by atoms with Gasteiger partial charge < -0.3 is 28.4 Å². The Morgan fingerprint density at radius 1 is 0.419 bits per heavy atom. The molecule has 6 heteroatoms. The maximum atomic E-state index is 6.77. The standard InChI is InChI=1S/C66H62O6.C2H6/c1-44(38-67-51-34-30-49(31-35-51)65(59-18-10-6-14-55(59)56-15-7-11-19-60(56)65)48-28-24-46(25-29-48)64(4,5)72-43-54-42-70-54)39-71-63(2,3)45-22-26-47(27-23-45)66(50-32-36-52(37-33-50)68-40-53-41-69-53)61-20-12-8-16-57(61)58-17-9-13-21-62(58)66;1-2/h6-37,44,53-54H,38-43H2,1-5H3;1-2H3. The lowest BCUT2D eigenvalue weighted by atomic mass is 9.67. The summed E-state index contributed by atoms with van der Waals surface area (Å²) < 4.78 is 36.6. The molecule has 0 saturated carbocycles. The van der Waals surface area contributed by atoms with Crippen LogP contribution in [0.2, 0.25) is 0 Å². The molecular formula is C68H68O6. The second-order valence-corrected chi connectivity index (χ2v) is 21.2. The Hall–Kier alpha value is -6.80. The van der Waals surface area contributed by atoms with Gasteiger partial charge in [0.25, 0.3) is 0 Å². The van der Waals surface area contributed by atoms with Crippen LogP contribution in [0.5, 0.6) is 11.5 Å². The van der Waals surface area contributed by atoms with Gasteiger partial charge in [-0.25, -0.2) is 0 Å². The quantitative estimate of drug-likeness (QED) is 0.0799. The van der Waals surface area contributed by atoms with Gasteiger partial charge in [-0.2, -0.15) is 0 Å². The third-order valence-corrected chi connectivity index (χ3v) is 15.6.